The predicted molar refractivity (Wildman–Crippen MR) is 130 cm³/mol. The summed E-state index contributed by atoms with van der Waals surface area (Å²) in [5, 5.41) is 13.8. The minimum Gasteiger partial charge on any atom is -0.338 e. The average molecular weight is 425 g/mol. The summed E-state index contributed by atoms with van der Waals surface area (Å²) in [5.74, 6) is 0.730. The second kappa shape index (κ2) is 8.93. The van der Waals surface area contributed by atoms with Crippen LogP contribution < -0.4 is 15.9 Å². The minimum atomic E-state index is 0.730. The quantitative estimate of drug-likeness (QED) is 0.460. The van der Waals surface area contributed by atoms with Gasteiger partial charge in [-0.15, -0.1) is 0 Å². The van der Waals surface area contributed by atoms with Crippen molar-refractivity contribution < 1.29 is 0 Å². The van der Waals surface area contributed by atoms with Crippen molar-refractivity contribution in [3.05, 3.63) is 70.6 Å². The Morgan fingerprint density at radius 3 is 2.91 bits per heavy atom. The summed E-state index contributed by atoms with van der Waals surface area (Å²) >= 11 is 0. The molecule has 1 saturated heterocycles. The molecule has 6 heteroatoms. The minimum absolute atomic E-state index is 0.730. The van der Waals surface area contributed by atoms with Gasteiger partial charge in [0, 0.05) is 29.2 Å². The lowest BCUT2D eigenvalue weighted by Gasteiger charge is -2.22. The molecular weight excluding hydrogens is 396 g/mol. The first kappa shape index (κ1) is 20.4. The molecule has 0 atom stereocenters. The van der Waals surface area contributed by atoms with E-state index in [4.69, 9.17) is 0 Å². The Morgan fingerprint density at radius 2 is 2.09 bits per heavy atom. The molecule has 6 nitrogen and oxygen atoms in total. The van der Waals surface area contributed by atoms with E-state index in [1.54, 1.807) is 6.20 Å². The van der Waals surface area contributed by atoms with Crippen LogP contribution in [-0.2, 0) is 6.42 Å². The fourth-order valence-corrected chi connectivity index (χ4v) is 4.50. The maximum atomic E-state index is 4.55. The SMILES string of the molecule is C=c1[nH]nc(-c2cc3cccnc3[nH]2)/c1=C/C(=C\C)c1cncc(CC2CCNCC2)c1. The Morgan fingerprint density at radius 1 is 1.22 bits per heavy atom. The molecule has 1 aliphatic rings. The molecule has 0 amide bonds. The monoisotopic (exact) mass is 424 g/mol. The van der Waals surface area contributed by atoms with Crippen LogP contribution >= 0.6 is 0 Å². The Hall–Kier alpha value is -3.51. The highest BCUT2D eigenvalue weighted by Gasteiger charge is 2.14. The lowest BCUT2D eigenvalue weighted by Crippen LogP contribution is -2.28. The van der Waals surface area contributed by atoms with Gasteiger partial charge in [-0.25, -0.2) is 4.98 Å². The van der Waals surface area contributed by atoms with Crippen molar-refractivity contribution in [2.75, 3.05) is 13.1 Å². The number of nitrogens with one attached hydrogen (secondary N) is 3. The van der Waals surface area contributed by atoms with E-state index in [1.165, 1.54) is 18.4 Å². The second-order valence-electron chi connectivity index (χ2n) is 8.46. The van der Waals surface area contributed by atoms with Crippen molar-refractivity contribution in [2.24, 2.45) is 5.92 Å². The summed E-state index contributed by atoms with van der Waals surface area (Å²) in [6.45, 7) is 8.46. The van der Waals surface area contributed by atoms with Gasteiger partial charge in [0.25, 0.3) is 0 Å². The van der Waals surface area contributed by atoms with Crippen molar-refractivity contribution in [3.8, 4) is 11.4 Å². The predicted octanol–water partition coefficient (Wildman–Crippen LogP) is 3.18. The van der Waals surface area contributed by atoms with Crippen molar-refractivity contribution >= 4 is 29.3 Å². The molecule has 5 heterocycles. The Balaban J connectivity index is 1.50. The fourth-order valence-electron chi connectivity index (χ4n) is 4.50. The van der Waals surface area contributed by atoms with Gasteiger partial charge in [0.1, 0.15) is 11.3 Å². The molecule has 0 saturated carbocycles. The smallest absolute Gasteiger partial charge is 0.137 e. The summed E-state index contributed by atoms with van der Waals surface area (Å²) in [7, 11) is 0. The van der Waals surface area contributed by atoms with E-state index in [-0.39, 0.29) is 0 Å². The molecule has 3 N–H and O–H groups in total. The van der Waals surface area contributed by atoms with Crippen LogP contribution in [0.3, 0.4) is 0 Å². The Kier molecular flexibility index (Phi) is 5.69. The maximum absolute atomic E-state index is 4.55. The van der Waals surface area contributed by atoms with Crippen LogP contribution in [0.15, 0.2) is 48.9 Å². The van der Waals surface area contributed by atoms with E-state index in [1.807, 2.05) is 24.5 Å². The number of H-pyrrole nitrogens is 2. The van der Waals surface area contributed by atoms with Crippen molar-refractivity contribution in [2.45, 2.75) is 26.2 Å². The van der Waals surface area contributed by atoms with E-state index in [0.29, 0.717) is 0 Å². The first-order valence-electron chi connectivity index (χ1n) is 11.2. The lowest BCUT2D eigenvalue weighted by atomic mass is 9.91. The molecule has 1 fully saturated rings. The first-order chi connectivity index (χ1) is 15.7. The van der Waals surface area contributed by atoms with Crippen LogP contribution in [0.2, 0.25) is 0 Å². The standard InChI is InChI=1S/C26H28N6/c1-3-20(22-12-19(15-28-16-22)11-18-6-9-27-10-7-18)13-23-17(2)31-32-25(23)24-14-21-5-4-8-29-26(21)30-24/h3-5,8,12-16,18,27,31H,2,6-7,9-11H2,1H3,(H,29,30)/b20-3+,23-13+. The zero-order valence-corrected chi connectivity index (χ0v) is 18.4. The van der Waals surface area contributed by atoms with Gasteiger partial charge in [0.15, 0.2) is 0 Å². The number of fused-ring (bicyclic) bond motifs is 1. The van der Waals surface area contributed by atoms with Crippen LogP contribution in [0, 0.1) is 5.92 Å². The van der Waals surface area contributed by atoms with Crippen LogP contribution in [-0.4, -0.2) is 38.2 Å². The van der Waals surface area contributed by atoms with Crippen molar-refractivity contribution in [1.82, 2.24) is 30.5 Å². The third kappa shape index (κ3) is 4.14. The molecule has 5 rings (SSSR count). The third-order valence-electron chi connectivity index (χ3n) is 6.25. The molecule has 0 unspecified atom stereocenters. The van der Waals surface area contributed by atoms with Gasteiger partial charge in [-0.1, -0.05) is 12.7 Å². The molecule has 0 spiro atoms. The van der Waals surface area contributed by atoms with Crippen LogP contribution in [0.1, 0.15) is 30.9 Å². The Labute approximate surface area is 187 Å². The van der Waals surface area contributed by atoms with Gasteiger partial charge in [0.2, 0.25) is 0 Å². The highest BCUT2D eigenvalue weighted by Crippen LogP contribution is 2.22. The average Bonchev–Trinajstić information content (AvgIpc) is 3.41. The van der Waals surface area contributed by atoms with E-state index in [0.717, 1.165) is 69.6 Å². The molecule has 0 aliphatic carbocycles. The summed E-state index contributed by atoms with van der Waals surface area (Å²) in [6.07, 6.45) is 13.5. The van der Waals surface area contributed by atoms with Gasteiger partial charge in [-0.2, -0.15) is 5.10 Å². The first-order valence-corrected chi connectivity index (χ1v) is 11.2. The number of aromatic nitrogens is 5. The number of rotatable bonds is 5. The number of hydrogen-bond acceptors (Lipinski definition) is 4. The highest BCUT2D eigenvalue weighted by atomic mass is 15.1. The van der Waals surface area contributed by atoms with Crippen LogP contribution in [0.4, 0.5) is 0 Å². The van der Waals surface area contributed by atoms with Crippen molar-refractivity contribution in [3.63, 3.8) is 0 Å². The van der Waals surface area contributed by atoms with Crippen LogP contribution in [0.25, 0.3) is 40.6 Å². The lowest BCUT2D eigenvalue weighted by molar-refractivity contribution is 0.372. The number of nitrogens with zero attached hydrogens (tertiary/aromatic N) is 3. The maximum Gasteiger partial charge on any atom is 0.137 e. The van der Waals surface area contributed by atoms with Gasteiger partial charge >= 0.3 is 0 Å². The van der Waals surface area contributed by atoms with Crippen molar-refractivity contribution in [1.29, 1.82) is 0 Å². The fraction of sp³-hybridized carbons (Fsp3) is 0.269. The van der Waals surface area contributed by atoms with Gasteiger partial charge in [0.05, 0.1) is 11.0 Å². The van der Waals surface area contributed by atoms with Crippen LogP contribution in [0.5, 0.6) is 0 Å². The number of piperidine rings is 1. The zero-order chi connectivity index (χ0) is 21.9. The molecule has 1 aliphatic heterocycles. The third-order valence-corrected chi connectivity index (χ3v) is 6.25. The molecule has 0 bridgehead atoms. The number of hydrogen-bond donors (Lipinski definition) is 3. The molecule has 0 aromatic carbocycles. The van der Waals surface area contributed by atoms with E-state index in [2.05, 4.69) is 68.3 Å². The molecule has 0 radical (unpaired) electrons. The van der Waals surface area contributed by atoms with Gasteiger partial charge in [-0.3, -0.25) is 10.1 Å². The summed E-state index contributed by atoms with van der Waals surface area (Å²) < 4.78 is 0. The summed E-state index contributed by atoms with van der Waals surface area (Å²) in [5.41, 5.74) is 6.12. The number of aromatic amines is 2. The van der Waals surface area contributed by atoms with Gasteiger partial charge < -0.3 is 10.3 Å². The summed E-state index contributed by atoms with van der Waals surface area (Å²) in [4.78, 5) is 12.3. The number of pyridine rings is 2. The van der Waals surface area contributed by atoms with E-state index >= 15 is 0 Å². The molecule has 4 aromatic heterocycles. The summed E-state index contributed by atoms with van der Waals surface area (Å²) in [6, 6.07) is 8.33. The largest absolute Gasteiger partial charge is 0.338 e. The van der Waals surface area contributed by atoms with E-state index in [9.17, 15) is 0 Å². The molecular formula is C26H28N6. The number of allylic oxidation sites excluding steroid dienone is 2. The topological polar surface area (TPSA) is 82.3 Å². The second-order valence-corrected chi connectivity index (χ2v) is 8.46. The highest BCUT2D eigenvalue weighted by molar-refractivity contribution is 5.90. The zero-order valence-electron chi connectivity index (χ0n) is 18.4. The van der Waals surface area contributed by atoms with E-state index < -0.39 is 0 Å². The Bertz CT molecular complexity index is 1340. The molecule has 162 valence electrons. The molecule has 32 heavy (non-hydrogen) atoms. The van der Waals surface area contributed by atoms with Gasteiger partial charge in [-0.05, 0) is 92.2 Å². The normalized spacial score (nSPS) is 16.2. The molecule has 4 aromatic rings.